The van der Waals surface area contributed by atoms with Crippen LogP contribution in [0, 0.1) is 0 Å². The van der Waals surface area contributed by atoms with E-state index in [4.69, 9.17) is 10.5 Å². The molecule has 3 aromatic rings. The number of pyridine rings is 1. The van der Waals surface area contributed by atoms with Crippen LogP contribution in [0.5, 0.6) is 11.6 Å². The van der Waals surface area contributed by atoms with Crippen LogP contribution < -0.4 is 10.5 Å². The minimum absolute atomic E-state index is 0.120. The van der Waals surface area contributed by atoms with E-state index < -0.39 is 0 Å². The number of hydrogen-bond acceptors (Lipinski definition) is 3. The number of benzene rings is 2. The molecule has 106 valence electrons. The standard InChI is InChI=1S/C17H15BrN2O/c1-11(19)16-3-2-8-20-17(16)21-15-7-5-12-9-14(18)6-4-13(12)10-15/h2-11H,19H2,1H3/t11-/m1/s1. The maximum atomic E-state index is 5.95. The first kappa shape index (κ1) is 14.0. The zero-order valence-electron chi connectivity index (χ0n) is 11.6. The van der Waals surface area contributed by atoms with Crippen LogP contribution in [0.4, 0.5) is 0 Å². The van der Waals surface area contributed by atoms with E-state index >= 15 is 0 Å². The van der Waals surface area contributed by atoms with E-state index in [-0.39, 0.29) is 6.04 Å². The molecule has 1 atom stereocenters. The second-order valence-corrected chi connectivity index (χ2v) is 5.86. The van der Waals surface area contributed by atoms with Crippen molar-refractivity contribution in [1.82, 2.24) is 4.98 Å². The van der Waals surface area contributed by atoms with Gasteiger partial charge in [-0.3, -0.25) is 0 Å². The van der Waals surface area contributed by atoms with Crippen molar-refractivity contribution in [2.75, 3.05) is 0 Å². The van der Waals surface area contributed by atoms with Crippen LogP contribution in [0.2, 0.25) is 0 Å². The summed E-state index contributed by atoms with van der Waals surface area (Å²) >= 11 is 3.48. The summed E-state index contributed by atoms with van der Waals surface area (Å²) in [5.41, 5.74) is 6.85. The van der Waals surface area contributed by atoms with Gasteiger partial charge in [-0.25, -0.2) is 4.98 Å². The fourth-order valence-electron chi connectivity index (χ4n) is 2.20. The van der Waals surface area contributed by atoms with Crippen molar-refractivity contribution < 1.29 is 4.74 Å². The highest BCUT2D eigenvalue weighted by Gasteiger charge is 2.10. The van der Waals surface area contributed by atoms with E-state index in [9.17, 15) is 0 Å². The van der Waals surface area contributed by atoms with Crippen molar-refractivity contribution >= 4 is 26.7 Å². The highest BCUT2D eigenvalue weighted by atomic mass is 79.9. The molecular weight excluding hydrogens is 328 g/mol. The lowest BCUT2D eigenvalue weighted by Crippen LogP contribution is -2.07. The summed E-state index contributed by atoms with van der Waals surface area (Å²) < 4.78 is 6.97. The Morgan fingerprint density at radius 3 is 2.67 bits per heavy atom. The first-order chi connectivity index (χ1) is 10.1. The zero-order valence-corrected chi connectivity index (χ0v) is 13.2. The van der Waals surface area contributed by atoms with Gasteiger partial charge in [0.05, 0.1) is 0 Å². The van der Waals surface area contributed by atoms with Gasteiger partial charge in [0, 0.05) is 22.3 Å². The van der Waals surface area contributed by atoms with E-state index in [2.05, 4.69) is 33.0 Å². The molecule has 21 heavy (non-hydrogen) atoms. The van der Waals surface area contributed by atoms with Crippen molar-refractivity contribution in [2.24, 2.45) is 5.73 Å². The Hall–Kier alpha value is -1.91. The molecule has 3 nitrogen and oxygen atoms in total. The molecule has 0 spiro atoms. The van der Waals surface area contributed by atoms with Crippen LogP contribution in [0.15, 0.2) is 59.2 Å². The maximum absolute atomic E-state index is 5.95. The molecule has 4 heteroatoms. The third-order valence-corrected chi connectivity index (χ3v) is 3.77. The molecule has 0 fully saturated rings. The Morgan fingerprint density at radius 1 is 1.10 bits per heavy atom. The van der Waals surface area contributed by atoms with Gasteiger partial charge in [0.1, 0.15) is 5.75 Å². The van der Waals surface area contributed by atoms with E-state index in [0.29, 0.717) is 5.88 Å². The van der Waals surface area contributed by atoms with Gasteiger partial charge in [-0.1, -0.05) is 34.1 Å². The van der Waals surface area contributed by atoms with Gasteiger partial charge >= 0.3 is 0 Å². The summed E-state index contributed by atoms with van der Waals surface area (Å²) in [4.78, 5) is 4.28. The predicted octanol–water partition coefficient (Wildman–Crippen LogP) is 4.81. The SMILES string of the molecule is C[C@@H](N)c1cccnc1Oc1ccc2cc(Br)ccc2c1. The Balaban J connectivity index is 1.97. The number of rotatable bonds is 3. The molecular formula is C17H15BrN2O. The molecule has 0 bridgehead atoms. The molecule has 0 amide bonds. The van der Waals surface area contributed by atoms with Crippen molar-refractivity contribution in [3.8, 4) is 11.6 Å². The summed E-state index contributed by atoms with van der Waals surface area (Å²) in [5, 5.41) is 2.28. The topological polar surface area (TPSA) is 48.1 Å². The maximum Gasteiger partial charge on any atom is 0.223 e. The molecule has 0 radical (unpaired) electrons. The quantitative estimate of drug-likeness (QED) is 0.742. The second-order valence-electron chi connectivity index (χ2n) is 4.94. The average molecular weight is 343 g/mol. The fourth-order valence-corrected chi connectivity index (χ4v) is 2.58. The fraction of sp³-hybridized carbons (Fsp3) is 0.118. The molecule has 0 saturated heterocycles. The summed E-state index contributed by atoms with van der Waals surface area (Å²) in [6.45, 7) is 1.92. The first-order valence-corrected chi connectivity index (χ1v) is 7.50. The smallest absolute Gasteiger partial charge is 0.223 e. The third-order valence-electron chi connectivity index (χ3n) is 3.28. The van der Waals surface area contributed by atoms with Crippen LogP contribution in [0.1, 0.15) is 18.5 Å². The van der Waals surface area contributed by atoms with Gasteiger partial charge < -0.3 is 10.5 Å². The van der Waals surface area contributed by atoms with E-state index in [1.807, 2.05) is 43.3 Å². The van der Waals surface area contributed by atoms with Crippen LogP contribution in [-0.2, 0) is 0 Å². The second kappa shape index (κ2) is 5.84. The highest BCUT2D eigenvalue weighted by molar-refractivity contribution is 9.10. The van der Waals surface area contributed by atoms with Crippen LogP contribution >= 0.6 is 15.9 Å². The molecule has 3 rings (SSSR count). The lowest BCUT2D eigenvalue weighted by Gasteiger charge is -2.12. The summed E-state index contributed by atoms with van der Waals surface area (Å²) in [6, 6.07) is 15.8. The summed E-state index contributed by atoms with van der Waals surface area (Å²) in [7, 11) is 0. The number of fused-ring (bicyclic) bond motifs is 1. The van der Waals surface area contributed by atoms with Gasteiger partial charge in [0.15, 0.2) is 0 Å². The molecule has 2 aromatic carbocycles. The number of aromatic nitrogens is 1. The average Bonchev–Trinajstić information content (AvgIpc) is 2.48. The molecule has 0 aliphatic carbocycles. The molecule has 1 aromatic heterocycles. The van der Waals surface area contributed by atoms with Gasteiger partial charge in [-0.2, -0.15) is 0 Å². The number of ether oxygens (including phenoxy) is 1. The largest absolute Gasteiger partial charge is 0.439 e. The van der Waals surface area contributed by atoms with Gasteiger partial charge in [0.2, 0.25) is 5.88 Å². The Morgan fingerprint density at radius 2 is 1.86 bits per heavy atom. The van der Waals surface area contributed by atoms with Crippen LogP contribution in [0.25, 0.3) is 10.8 Å². The summed E-state index contributed by atoms with van der Waals surface area (Å²) in [6.07, 6.45) is 1.71. The van der Waals surface area contributed by atoms with E-state index in [0.717, 1.165) is 26.6 Å². The Kier molecular flexibility index (Phi) is 3.90. The molecule has 1 heterocycles. The number of halogens is 1. The van der Waals surface area contributed by atoms with Gasteiger partial charge in [0.25, 0.3) is 0 Å². The molecule has 0 saturated carbocycles. The van der Waals surface area contributed by atoms with Crippen molar-refractivity contribution in [3.05, 3.63) is 64.8 Å². The lowest BCUT2D eigenvalue weighted by atomic mass is 10.1. The zero-order chi connectivity index (χ0) is 14.8. The summed E-state index contributed by atoms with van der Waals surface area (Å²) in [5.74, 6) is 1.31. The van der Waals surface area contributed by atoms with Crippen molar-refractivity contribution in [1.29, 1.82) is 0 Å². The Bertz CT molecular complexity index is 787. The molecule has 0 aliphatic heterocycles. The van der Waals surface area contributed by atoms with Crippen molar-refractivity contribution in [3.63, 3.8) is 0 Å². The van der Waals surface area contributed by atoms with Crippen LogP contribution in [-0.4, -0.2) is 4.98 Å². The van der Waals surface area contributed by atoms with Crippen molar-refractivity contribution in [2.45, 2.75) is 13.0 Å². The van der Waals surface area contributed by atoms with E-state index in [1.165, 1.54) is 0 Å². The number of nitrogens with zero attached hydrogens (tertiary/aromatic N) is 1. The van der Waals surface area contributed by atoms with E-state index in [1.54, 1.807) is 6.20 Å². The monoisotopic (exact) mass is 342 g/mol. The number of hydrogen-bond donors (Lipinski definition) is 1. The minimum atomic E-state index is -0.120. The van der Waals surface area contributed by atoms with Crippen LogP contribution in [0.3, 0.4) is 0 Å². The molecule has 0 unspecified atom stereocenters. The van der Waals surface area contributed by atoms with Gasteiger partial charge in [-0.05, 0) is 48.0 Å². The van der Waals surface area contributed by atoms with Gasteiger partial charge in [-0.15, -0.1) is 0 Å². The molecule has 0 aliphatic rings. The number of nitrogens with two attached hydrogens (primary N) is 1. The Labute approximate surface area is 131 Å². The predicted molar refractivity (Wildman–Crippen MR) is 88.6 cm³/mol. The normalized spacial score (nSPS) is 12.3. The minimum Gasteiger partial charge on any atom is -0.439 e. The highest BCUT2D eigenvalue weighted by Crippen LogP contribution is 2.29. The third kappa shape index (κ3) is 3.06. The molecule has 2 N–H and O–H groups in total. The first-order valence-electron chi connectivity index (χ1n) is 6.71. The lowest BCUT2D eigenvalue weighted by molar-refractivity contribution is 0.453.